The van der Waals surface area contributed by atoms with Crippen molar-refractivity contribution in [3.8, 4) is 11.5 Å². The maximum atomic E-state index is 12.8. The van der Waals surface area contributed by atoms with Crippen LogP contribution in [0.1, 0.15) is 23.6 Å². The monoisotopic (exact) mass is 451 g/mol. The summed E-state index contributed by atoms with van der Waals surface area (Å²) in [6.45, 7) is 7.98. The molecule has 0 saturated heterocycles. The molecular weight excluding hydrogens is 431 g/mol. The lowest BCUT2D eigenvalue weighted by Gasteiger charge is -2.28. The number of sulfonamides is 1. The zero-order chi connectivity index (χ0) is 22.8. The fourth-order valence-electron chi connectivity index (χ4n) is 3.02. The predicted molar refractivity (Wildman–Crippen MR) is 111 cm³/mol. The number of nitrogens with zero attached hydrogens (tertiary/aromatic N) is 1. The molecule has 0 spiro atoms. The first-order valence-electron chi connectivity index (χ1n) is 9.27. The zero-order valence-corrected chi connectivity index (χ0v) is 17.6. The van der Waals surface area contributed by atoms with Gasteiger partial charge in [0, 0.05) is 11.1 Å². The smallest absolute Gasteiger partial charge is 0.416 e. The first-order valence-corrected chi connectivity index (χ1v) is 11.1. The molecule has 31 heavy (non-hydrogen) atoms. The van der Waals surface area contributed by atoms with Crippen LogP contribution in [-0.2, 0) is 20.9 Å². The summed E-state index contributed by atoms with van der Waals surface area (Å²) in [5, 5.41) is 0. The Morgan fingerprint density at radius 1 is 1.13 bits per heavy atom. The minimum atomic E-state index is -4.45. The summed E-state index contributed by atoms with van der Waals surface area (Å²) >= 11 is 0. The Balaban J connectivity index is 2.07. The van der Waals surface area contributed by atoms with Crippen LogP contribution in [0.2, 0.25) is 0 Å². The van der Waals surface area contributed by atoms with Crippen molar-refractivity contribution in [3.05, 3.63) is 84.1 Å². The molecule has 0 atom stereocenters. The van der Waals surface area contributed by atoms with Gasteiger partial charge in [-0.1, -0.05) is 18.2 Å². The number of hydrogen-bond donors (Lipinski definition) is 0. The second-order valence-corrected chi connectivity index (χ2v) is 8.63. The van der Waals surface area contributed by atoms with Gasteiger partial charge in [0.2, 0.25) is 15.9 Å². The van der Waals surface area contributed by atoms with Crippen LogP contribution in [0.5, 0.6) is 11.5 Å². The van der Waals surface area contributed by atoms with Crippen LogP contribution in [0.15, 0.2) is 60.5 Å². The van der Waals surface area contributed by atoms with Gasteiger partial charge in [0.25, 0.3) is 0 Å². The van der Waals surface area contributed by atoms with E-state index in [1.165, 1.54) is 12.1 Å². The molecule has 2 radical (unpaired) electrons. The highest BCUT2D eigenvalue weighted by atomic mass is 32.2. The quantitative estimate of drug-likeness (QED) is 0.614. The SMILES string of the molecule is [CH]c1ccc(Oc2ccc(C(F)(F)F)cc2)c(C2=C(OCC)N(S(C)(=O)=O)CC=C2)c1. The summed E-state index contributed by atoms with van der Waals surface area (Å²) in [7, 11) is -3.62. The Bertz CT molecular complexity index is 1120. The van der Waals surface area contributed by atoms with Gasteiger partial charge in [0.15, 0.2) is 0 Å². The molecule has 0 amide bonds. The largest absolute Gasteiger partial charge is 0.478 e. The van der Waals surface area contributed by atoms with Crippen LogP contribution < -0.4 is 4.74 Å². The Morgan fingerprint density at radius 2 is 1.81 bits per heavy atom. The van der Waals surface area contributed by atoms with Gasteiger partial charge in [-0.25, -0.2) is 12.7 Å². The van der Waals surface area contributed by atoms with Gasteiger partial charge in [-0.05, 0) is 55.8 Å². The Labute approximate surface area is 179 Å². The molecule has 0 aliphatic carbocycles. The third kappa shape index (κ3) is 5.22. The lowest BCUT2D eigenvalue weighted by Crippen LogP contribution is -2.33. The van der Waals surface area contributed by atoms with Crippen molar-refractivity contribution in [2.75, 3.05) is 19.4 Å². The molecule has 0 fully saturated rings. The summed E-state index contributed by atoms with van der Waals surface area (Å²) in [5.41, 5.74) is 0.460. The summed E-state index contributed by atoms with van der Waals surface area (Å²) < 4.78 is 75.5. The first kappa shape index (κ1) is 22.7. The topological polar surface area (TPSA) is 55.8 Å². The Hall–Kier alpha value is -2.94. The molecule has 0 N–H and O–H groups in total. The number of hydrogen-bond acceptors (Lipinski definition) is 4. The Kier molecular flexibility index (Phi) is 6.35. The van der Waals surface area contributed by atoms with E-state index in [-0.39, 0.29) is 30.5 Å². The average Bonchev–Trinajstić information content (AvgIpc) is 2.69. The minimum absolute atomic E-state index is 0.106. The van der Waals surface area contributed by atoms with E-state index in [1.54, 1.807) is 37.3 Å². The second kappa shape index (κ2) is 8.66. The number of halogens is 3. The highest BCUT2D eigenvalue weighted by Crippen LogP contribution is 2.37. The van der Waals surface area contributed by atoms with Crippen LogP contribution in [0.25, 0.3) is 5.57 Å². The molecule has 0 bridgehead atoms. The molecule has 1 aliphatic heterocycles. The van der Waals surface area contributed by atoms with Crippen molar-refractivity contribution < 1.29 is 31.1 Å². The third-order valence-corrected chi connectivity index (χ3v) is 5.51. The van der Waals surface area contributed by atoms with Crippen LogP contribution in [0.4, 0.5) is 13.2 Å². The van der Waals surface area contributed by atoms with E-state index in [9.17, 15) is 21.6 Å². The summed E-state index contributed by atoms with van der Waals surface area (Å²) in [5.74, 6) is 0.578. The van der Waals surface area contributed by atoms with Gasteiger partial charge in [-0.15, -0.1) is 0 Å². The highest BCUT2D eigenvalue weighted by Gasteiger charge is 2.30. The number of alkyl halides is 3. The van der Waals surface area contributed by atoms with E-state index in [4.69, 9.17) is 16.4 Å². The predicted octanol–water partition coefficient (Wildman–Crippen LogP) is 5.09. The molecule has 2 aromatic rings. The molecule has 2 aromatic carbocycles. The minimum Gasteiger partial charge on any atom is -0.478 e. The normalized spacial score (nSPS) is 14.7. The number of benzene rings is 2. The molecule has 0 saturated carbocycles. The standard InChI is InChI=1S/C22H20F3NO4S/c1-4-29-21-18(6-5-13-26(21)31(3,27)28)19-14-15(2)7-12-20(19)30-17-10-8-16(9-11-17)22(23,24)25/h2,5-12,14H,4,13H2,1,3H3. The maximum absolute atomic E-state index is 12.8. The number of allylic oxidation sites excluding steroid dienone is 2. The van der Waals surface area contributed by atoms with E-state index < -0.39 is 21.8 Å². The number of ether oxygens (including phenoxy) is 2. The molecule has 164 valence electrons. The molecule has 0 aromatic heterocycles. The van der Waals surface area contributed by atoms with Gasteiger partial charge >= 0.3 is 6.18 Å². The molecule has 1 aliphatic rings. The summed E-state index contributed by atoms with van der Waals surface area (Å²) in [6, 6.07) is 8.98. The highest BCUT2D eigenvalue weighted by molar-refractivity contribution is 7.88. The molecule has 0 unspecified atom stereocenters. The zero-order valence-electron chi connectivity index (χ0n) is 16.8. The molecule has 3 rings (SSSR count). The molecule has 9 heteroatoms. The van der Waals surface area contributed by atoms with Crippen LogP contribution in [0, 0.1) is 6.92 Å². The van der Waals surface area contributed by atoms with E-state index in [2.05, 4.69) is 0 Å². The molecule has 5 nitrogen and oxygen atoms in total. The van der Waals surface area contributed by atoms with Crippen molar-refractivity contribution in [1.29, 1.82) is 0 Å². The lowest BCUT2D eigenvalue weighted by molar-refractivity contribution is -0.137. The van der Waals surface area contributed by atoms with E-state index in [1.807, 2.05) is 0 Å². The van der Waals surface area contributed by atoms with Gasteiger partial charge < -0.3 is 9.47 Å². The van der Waals surface area contributed by atoms with Gasteiger partial charge in [0.1, 0.15) is 11.5 Å². The average molecular weight is 451 g/mol. The van der Waals surface area contributed by atoms with Crippen LogP contribution in [0.3, 0.4) is 0 Å². The van der Waals surface area contributed by atoms with E-state index >= 15 is 0 Å². The van der Waals surface area contributed by atoms with Gasteiger partial charge in [-0.3, -0.25) is 0 Å². The second-order valence-electron chi connectivity index (χ2n) is 6.73. The fourth-order valence-corrected chi connectivity index (χ4v) is 3.83. The lowest BCUT2D eigenvalue weighted by atomic mass is 10.0. The molecular formula is C22H20F3NO4S. The first-order chi connectivity index (χ1) is 14.5. The molecule has 1 heterocycles. The van der Waals surface area contributed by atoms with Crippen LogP contribution in [-0.4, -0.2) is 32.1 Å². The van der Waals surface area contributed by atoms with Crippen molar-refractivity contribution >= 4 is 15.6 Å². The van der Waals surface area contributed by atoms with E-state index in [0.29, 0.717) is 16.7 Å². The van der Waals surface area contributed by atoms with Crippen molar-refractivity contribution in [1.82, 2.24) is 4.31 Å². The Morgan fingerprint density at radius 3 is 2.39 bits per heavy atom. The van der Waals surface area contributed by atoms with Crippen LogP contribution >= 0.6 is 0 Å². The van der Waals surface area contributed by atoms with Crippen molar-refractivity contribution in [2.24, 2.45) is 0 Å². The summed E-state index contributed by atoms with van der Waals surface area (Å²) in [6.07, 6.45) is -0.0308. The number of rotatable bonds is 6. The maximum Gasteiger partial charge on any atom is 0.416 e. The van der Waals surface area contributed by atoms with Gasteiger partial charge in [0.05, 0.1) is 25.0 Å². The van der Waals surface area contributed by atoms with Crippen molar-refractivity contribution in [3.63, 3.8) is 0 Å². The third-order valence-electron chi connectivity index (χ3n) is 4.40. The van der Waals surface area contributed by atoms with Crippen molar-refractivity contribution in [2.45, 2.75) is 13.1 Å². The van der Waals surface area contributed by atoms with E-state index in [0.717, 1.165) is 22.7 Å². The fraction of sp³-hybridized carbons (Fsp3) is 0.227. The van der Waals surface area contributed by atoms with Gasteiger partial charge in [-0.2, -0.15) is 13.2 Å². The summed E-state index contributed by atoms with van der Waals surface area (Å²) in [4.78, 5) is 0.